The molecule has 1 unspecified atom stereocenters. The number of rotatable bonds is 19. The third-order valence-electron chi connectivity index (χ3n) is 6.99. The number of carbonyl (C=O) groups is 1. The molecule has 0 fully saturated rings. The summed E-state index contributed by atoms with van der Waals surface area (Å²) in [6, 6.07) is 5.39. The van der Waals surface area contributed by atoms with Crippen molar-refractivity contribution in [3.63, 3.8) is 0 Å². The SMILES string of the molecule is CCCCc1nc2c(N)nc3cc(OCCOP(=O)(O)C(C)(C)OCC(C)(C)OCCCOC(C)=O)ccc3c2n1CCO. The third kappa shape index (κ3) is 9.35. The van der Waals surface area contributed by atoms with Gasteiger partial charge in [0.05, 0.1) is 49.7 Å². The number of aliphatic hydroxyl groups is 1. The van der Waals surface area contributed by atoms with E-state index in [4.69, 9.17) is 34.2 Å². The van der Waals surface area contributed by atoms with Crippen molar-refractivity contribution in [2.24, 2.45) is 0 Å². The molecule has 3 aromatic rings. The largest absolute Gasteiger partial charge is 0.491 e. The van der Waals surface area contributed by atoms with Gasteiger partial charge < -0.3 is 43.8 Å². The molecule has 0 aliphatic rings. The summed E-state index contributed by atoms with van der Waals surface area (Å²) in [6.07, 6.45) is 3.28. The van der Waals surface area contributed by atoms with Crippen molar-refractivity contribution in [1.29, 1.82) is 0 Å². The van der Waals surface area contributed by atoms with E-state index >= 15 is 0 Å². The first-order valence-corrected chi connectivity index (χ1v) is 16.5. The molecule has 0 bridgehead atoms. The number of carbonyl (C=O) groups excluding carboxylic acids is 1. The normalized spacial score (nSPS) is 13.8. The van der Waals surface area contributed by atoms with E-state index in [-0.39, 0.29) is 39.0 Å². The van der Waals surface area contributed by atoms with Crippen LogP contribution in [0.4, 0.5) is 5.82 Å². The predicted octanol–water partition coefficient (Wildman–Crippen LogP) is 4.58. The van der Waals surface area contributed by atoms with E-state index in [9.17, 15) is 19.4 Å². The number of fused-ring (bicyclic) bond motifs is 3. The summed E-state index contributed by atoms with van der Waals surface area (Å²) >= 11 is 0. The van der Waals surface area contributed by atoms with Crippen molar-refractivity contribution in [3.8, 4) is 5.75 Å². The molecule has 246 valence electrons. The molecule has 0 spiro atoms. The van der Waals surface area contributed by atoms with E-state index < -0.39 is 18.5 Å². The summed E-state index contributed by atoms with van der Waals surface area (Å²) in [6.45, 7) is 10.9. The molecule has 14 heteroatoms. The second kappa shape index (κ2) is 15.5. The van der Waals surface area contributed by atoms with Crippen LogP contribution in [0.25, 0.3) is 21.9 Å². The Morgan fingerprint density at radius 3 is 2.50 bits per heavy atom. The standard InChI is InChI=1S/C30H47N4O9P/c1-7-8-10-25-33-26-27(34(25)13-14-35)23-12-11-22(19-24(23)32-28(26)31)40-17-18-43-44(37,38)30(5,6)42-20-29(3,4)41-16-9-15-39-21(2)36/h11-12,19,35H,7-10,13-18,20H2,1-6H3,(H2,31,32)(H,37,38). The molecule has 1 aromatic carbocycles. The van der Waals surface area contributed by atoms with E-state index in [0.717, 1.165) is 36.0 Å². The van der Waals surface area contributed by atoms with E-state index in [1.54, 1.807) is 26.0 Å². The molecule has 2 aromatic heterocycles. The molecule has 0 radical (unpaired) electrons. The lowest BCUT2D eigenvalue weighted by molar-refractivity contribution is -0.142. The van der Waals surface area contributed by atoms with Crippen LogP contribution in [0.3, 0.4) is 0 Å². The highest BCUT2D eigenvalue weighted by molar-refractivity contribution is 7.54. The van der Waals surface area contributed by atoms with E-state index in [1.165, 1.54) is 20.8 Å². The lowest BCUT2D eigenvalue weighted by Crippen LogP contribution is -2.37. The van der Waals surface area contributed by atoms with E-state index in [0.29, 0.717) is 42.2 Å². The number of nitrogens with two attached hydrogens (primary N) is 1. The lowest BCUT2D eigenvalue weighted by atomic mass is 10.1. The van der Waals surface area contributed by atoms with Gasteiger partial charge in [0.2, 0.25) is 0 Å². The molecule has 13 nitrogen and oxygen atoms in total. The van der Waals surface area contributed by atoms with E-state index in [2.05, 4.69) is 11.9 Å². The molecular weight excluding hydrogens is 591 g/mol. The minimum absolute atomic E-state index is 0.00438. The number of unbranched alkanes of at least 4 members (excludes halogenated alkanes) is 1. The van der Waals surface area contributed by atoms with Crippen LogP contribution in [0.15, 0.2) is 18.2 Å². The Kier molecular flexibility index (Phi) is 12.5. The van der Waals surface area contributed by atoms with Gasteiger partial charge in [-0.1, -0.05) is 13.3 Å². The van der Waals surface area contributed by atoms with Crippen LogP contribution in [0.5, 0.6) is 5.75 Å². The minimum Gasteiger partial charge on any atom is -0.491 e. The molecule has 2 heterocycles. The highest BCUT2D eigenvalue weighted by Gasteiger charge is 2.43. The maximum Gasteiger partial charge on any atom is 0.359 e. The Bertz CT molecular complexity index is 1460. The molecule has 0 aliphatic carbocycles. The smallest absolute Gasteiger partial charge is 0.359 e. The predicted molar refractivity (Wildman–Crippen MR) is 168 cm³/mol. The third-order valence-corrected chi connectivity index (χ3v) is 9.01. The Hall–Kier alpha value is -2.80. The number of pyridine rings is 1. The van der Waals surface area contributed by atoms with Gasteiger partial charge in [0, 0.05) is 37.8 Å². The molecule has 1 atom stereocenters. The average Bonchev–Trinajstić information content (AvgIpc) is 3.32. The van der Waals surface area contributed by atoms with Crippen LogP contribution >= 0.6 is 7.60 Å². The van der Waals surface area contributed by atoms with Crippen molar-refractivity contribution in [2.45, 2.75) is 84.7 Å². The number of aliphatic hydroxyl groups excluding tert-OH is 1. The molecule has 0 aliphatic heterocycles. The maximum absolute atomic E-state index is 13.0. The number of anilines is 1. The highest BCUT2D eigenvalue weighted by atomic mass is 31.2. The second-order valence-corrected chi connectivity index (χ2v) is 14.0. The first-order chi connectivity index (χ1) is 20.7. The number of hydrogen-bond acceptors (Lipinski definition) is 11. The van der Waals surface area contributed by atoms with Crippen LogP contribution in [0.2, 0.25) is 0 Å². The van der Waals surface area contributed by atoms with Gasteiger partial charge in [0.15, 0.2) is 11.2 Å². The number of nitrogen functional groups attached to an aromatic ring is 1. The first kappa shape index (κ1) is 35.7. The van der Waals surface area contributed by atoms with Crippen molar-refractivity contribution in [3.05, 3.63) is 24.0 Å². The molecule has 44 heavy (non-hydrogen) atoms. The summed E-state index contributed by atoms with van der Waals surface area (Å²) < 4.78 is 42.7. The molecular formula is C30H47N4O9P. The number of benzene rings is 1. The van der Waals surface area contributed by atoms with Crippen molar-refractivity contribution < 1.29 is 42.8 Å². The van der Waals surface area contributed by atoms with Gasteiger partial charge in [-0.05, 0) is 46.2 Å². The quantitative estimate of drug-likeness (QED) is 0.0947. The van der Waals surface area contributed by atoms with Crippen molar-refractivity contribution in [2.75, 3.05) is 45.4 Å². The van der Waals surface area contributed by atoms with Gasteiger partial charge in [-0.15, -0.1) is 0 Å². The fourth-order valence-corrected chi connectivity index (χ4v) is 5.33. The Balaban J connectivity index is 1.59. The summed E-state index contributed by atoms with van der Waals surface area (Å²) in [5.74, 6) is 1.30. The monoisotopic (exact) mass is 638 g/mol. The first-order valence-electron chi connectivity index (χ1n) is 14.9. The van der Waals surface area contributed by atoms with E-state index in [1.807, 2.05) is 10.6 Å². The number of aromatic nitrogens is 3. The number of imidazole rings is 1. The van der Waals surface area contributed by atoms with Crippen LogP contribution in [0.1, 0.15) is 66.6 Å². The van der Waals surface area contributed by atoms with Crippen molar-refractivity contribution >= 4 is 41.3 Å². The minimum atomic E-state index is -4.22. The summed E-state index contributed by atoms with van der Waals surface area (Å²) in [7, 11) is -4.22. The fraction of sp³-hybridized carbons (Fsp3) is 0.633. The van der Waals surface area contributed by atoms with Crippen LogP contribution in [-0.4, -0.2) is 81.1 Å². The second-order valence-electron chi connectivity index (χ2n) is 11.6. The van der Waals surface area contributed by atoms with Gasteiger partial charge in [-0.3, -0.25) is 9.36 Å². The molecule has 0 saturated carbocycles. The number of nitrogens with zero attached hydrogens (tertiary/aromatic N) is 3. The Morgan fingerprint density at radius 1 is 1.07 bits per heavy atom. The lowest BCUT2D eigenvalue weighted by Gasteiger charge is -2.34. The molecule has 4 N–H and O–H groups in total. The zero-order valence-electron chi connectivity index (χ0n) is 26.6. The van der Waals surface area contributed by atoms with Crippen LogP contribution in [-0.2, 0) is 41.1 Å². The van der Waals surface area contributed by atoms with Gasteiger partial charge in [0.1, 0.15) is 23.7 Å². The number of aryl methyl sites for hydroxylation is 1. The number of esters is 1. The van der Waals surface area contributed by atoms with Gasteiger partial charge >= 0.3 is 13.6 Å². The molecule has 0 amide bonds. The number of hydrogen-bond donors (Lipinski definition) is 3. The van der Waals surface area contributed by atoms with Crippen LogP contribution in [0, 0.1) is 0 Å². The fourth-order valence-electron chi connectivity index (χ4n) is 4.47. The zero-order chi connectivity index (χ0) is 32.5. The molecule has 3 rings (SSSR count). The summed E-state index contributed by atoms with van der Waals surface area (Å²) in [4.78, 5) is 30.8. The maximum atomic E-state index is 13.0. The highest BCUT2D eigenvalue weighted by Crippen LogP contribution is 2.55. The van der Waals surface area contributed by atoms with Gasteiger partial charge in [-0.25, -0.2) is 9.97 Å². The van der Waals surface area contributed by atoms with Crippen molar-refractivity contribution in [1.82, 2.24) is 14.5 Å². The molecule has 0 saturated heterocycles. The topological polar surface area (TPSA) is 177 Å². The summed E-state index contributed by atoms with van der Waals surface area (Å²) in [5, 5.41) is 9.02. The van der Waals surface area contributed by atoms with Gasteiger partial charge in [0.25, 0.3) is 0 Å². The zero-order valence-corrected chi connectivity index (χ0v) is 27.5. The van der Waals surface area contributed by atoms with Crippen LogP contribution < -0.4 is 10.5 Å². The average molecular weight is 639 g/mol. The summed E-state index contributed by atoms with van der Waals surface area (Å²) in [5.41, 5.74) is 7.57. The Labute approximate surface area is 258 Å². The number of ether oxygens (including phenoxy) is 4. The Morgan fingerprint density at radius 2 is 1.82 bits per heavy atom. The van der Waals surface area contributed by atoms with Gasteiger partial charge in [-0.2, -0.15) is 0 Å².